The van der Waals surface area contributed by atoms with E-state index in [1.165, 1.54) is 6.07 Å². The zero-order valence-corrected chi connectivity index (χ0v) is 16.7. The van der Waals surface area contributed by atoms with E-state index in [0.29, 0.717) is 24.8 Å². The summed E-state index contributed by atoms with van der Waals surface area (Å²) in [5, 5.41) is 17.4. The molecule has 2 atom stereocenters. The maximum atomic E-state index is 13.7. The smallest absolute Gasteiger partial charge is 0.426 e. The molecule has 3 rings (SSSR count). The monoisotopic (exact) mass is 429 g/mol. The number of carbonyl (C=O) groups excluding carboxylic acids is 1. The summed E-state index contributed by atoms with van der Waals surface area (Å²) in [4.78, 5) is 16.5. The van der Waals surface area contributed by atoms with E-state index in [1.807, 2.05) is 6.92 Å². The van der Waals surface area contributed by atoms with E-state index >= 15 is 0 Å². The Morgan fingerprint density at radius 1 is 1.30 bits per heavy atom. The van der Waals surface area contributed by atoms with Crippen molar-refractivity contribution >= 4 is 5.97 Å². The standard InChI is InChI=1S/C19H22F3N3O5/c1-10-9-12(16(26)28-3)13-15-24-25-17(30-15)18(27,19(20,21)22)8-6-4-5-7-11(2)29-14(10)23-13/h9,11,27H,4-8H2,1-3H3/t11-,18-/m1/s1. The molecule has 0 saturated heterocycles. The zero-order valence-electron chi connectivity index (χ0n) is 16.7. The Balaban J connectivity index is 2.19. The summed E-state index contributed by atoms with van der Waals surface area (Å²) in [6, 6.07) is 1.43. The van der Waals surface area contributed by atoms with Crippen LogP contribution in [0.2, 0.25) is 0 Å². The molecule has 0 fully saturated rings. The maximum absolute atomic E-state index is 13.7. The van der Waals surface area contributed by atoms with Gasteiger partial charge in [-0.25, -0.2) is 9.78 Å². The number of pyridine rings is 1. The molecule has 164 valence electrons. The van der Waals surface area contributed by atoms with E-state index in [0.717, 1.165) is 7.11 Å². The highest BCUT2D eigenvalue weighted by atomic mass is 19.4. The first kappa shape index (κ1) is 22.0. The summed E-state index contributed by atoms with van der Waals surface area (Å²) < 4.78 is 56.8. The topological polar surface area (TPSA) is 108 Å². The van der Waals surface area contributed by atoms with Gasteiger partial charge in [-0.05, 0) is 45.6 Å². The molecule has 3 heterocycles. The van der Waals surface area contributed by atoms with Crippen LogP contribution in [-0.4, -0.2) is 45.6 Å². The Kier molecular flexibility index (Phi) is 6.02. The largest absolute Gasteiger partial charge is 0.474 e. The molecule has 1 aliphatic heterocycles. The van der Waals surface area contributed by atoms with Gasteiger partial charge in [0, 0.05) is 5.56 Å². The van der Waals surface area contributed by atoms with Crippen molar-refractivity contribution in [3.8, 4) is 17.5 Å². The summed E-state index contributed by atoms with van der Waals surface area (Å²) in [7, 11) is 1.15. The molecule has 1 N–H and O–H groups in total. The number of rotatable bonds is 1. The van der Waals surface area contributed by atoms with Crippen molar-refractivity contribution in [3.63, 3.8) is 0 Å². The van der Waals surface area contributed by atoms with Crippen molar-refractivity contribution in [3.05, 3.63) is 23.1 Å². The van der Waals surface area contributed by atoms with Gasteiger partial charge in [-0.3, -0.25) is 0 Å². The molecule has 4 bridgehead atoms. The van der Waals surface area contributed by atoms with Crippen molar-refractivity contribution in [1.82, 2.24) is 15.2 Å². The molecule has 8 nitrogen and oxygen atoms in total. The number of hydrogen-bond acceptors (Lipinski definition) is 8. The van der Waals surface area contributed by atoms with Crippen molar-refractivity contribution in [2.75, 3.05) is 7.11 Å². The third-order valence-electron chi connectivity index (χ3n) is 4.98. The van der Waals surface area contributed by atoms with Crippen LogP contribution in [0.3, 0.4) is 0 Å². The fourth-order valence-electron chi connectivity index (χ4n) is 3.24. The molecule has 0 unspecified atom stereocenters. The second kappa shape index (κ2) is 8.21. The molecule has 0 amide bonds. The Labute approximate surface area is 170 Å². The van der Waals surface area contributed by atoms with Crippen LogP contribution >= 0.6 is 0 Å². The summed E-state index contributed by atoms with van der Waals surface area (Å²) in [6.45, 7) is 3.49. The highest BCUT2D eigenvalue weighted by Crippen LogP contribution is 2.43. The number of fused-ring (bicyclic) bond motifs is 5. The lowest BCUT2D eigenvalue weighted by atomic mass is 9.94. The zero-order chi connectivity index (χ0) is 22.1. The normalized spacial score (nSPS) is 22.7. The van der Waals surface area contributed by atoms with Gasteiger partial charge in [0.1, 0.15) is 5.69 Å². The van der Waals surface area contributed by atoms with Gasteiger partial charge in [0.25, 0.3) is 11.8 Å². The molecule has 0 aliphatic carbocycles. The van der Waals surface area contributed by atoms with Gasteiger partial charge < -0.3 is 19.0 Å². The van der Waals surface area contributed by atoms with Gasteiger partial charge in [0.05, 0.1) is 18.8 Å². The first-order chi connectivity index (χ1) is 14.1. The molecule has 1 aliphatic rings. The number of esters is 1. The summed E-state index contributed by atoms with van der Waals surface area (Å²) in [5.74, 6) is -2.06. The fourth-order valence-corrected chi connectivity index (χ4v) is 3.24. The van der Waals surface area contributed by atoms with Gasteiger partial charge in [0.2, 0.25) is 11.5 Å². The third kappa shape index (κ3) is 4.11. The van der Waals surface area contributed by atoms with Crippen molar-refractivity contribution < 1.29 is 37.0 Å². The van der Waals surface area contributed by atoms with E-state index in [1.54, 1.807) is 6.92 Å². The molecule has 0 aromatic carbocycles. The van der Waals surface area contributed by atoms with E-state index < -0.39 is 35.9 Å². The van der Waals surface area contributed by atoms with Crippen molar-refractivity contribution in [2.45, 2.75) is 63.8 Å². The molecule has 2 aromatic heterocycles. The van der Waals surface area contributed by atoms with Gasteiger partial charge in [-0.1, -0.05) is 6.42 Å². The number of aryl methyl sites for hydroxylation is 1. The molecule has 30 heavy (non-hydrogen) atoms. The van der Waals surface area contributed by atoms with Crippen LogP contribution < -0.4 is 4.74 Å². The lowest BCUT2D eigenvalue weighted by molar-refractivity contribution is -0.277. The minimum atomic E-state index is -5.03. The summed E-state index contributed by atoms with van der Waals surface area (Å²) >= 11 is 0. The van der Waals surface area contributed by atoms with Gasteiger partial charge >= 0.3 is 12.1 Å². The molecule has 0 spiro atoms. The maximum Gasteiger partial charge on any atom is 0.426 e. The van der Waals surface area contributed by atoms with Gasteiger partial charge in [-0.2, -0.15) is 13.2 Å². The Bertz CT molecular complexity index is 931. The lowest BCUT2D eigenvalue weighted by Gasteiger charge is -2.27. The van der Waals surface area contributed by atoms with Crippen LogP contribution in [0.4, 0.5) is 13.2 Å². The number of nitrogens with zero attached hydrogens (tertiary/aromatic N) is 3. The summed E-state index contributed by atoms with van der Waals surface area (Å²) in [5.41, 5.74) is -3.03. The van der Waals surface area contributed by atoms with Crippen LogP contribution in [0.25, 0.3) is 11.6 Å². The molecular weight excluding hydrogens is 407 g/mol. The van der Waals surface area contributed by atoms with E-state index in [9.17, 15) is 23.1 Å². The van der Waals surface area contributed by atoms with Crippen molar-refractivity contribution in [2.24, 2.45) is 0 Å². The number of halogens is 3. The van der Waals surface area contributed by atoms with Crippen LogP contribution in [-0.2, 0) is 10.3 Å². The summed E-state index contributed by atoms with van der Waals surface area (Å²) in [6.07, 6.45) is -4.21. The number of hydrogen-bond donors (Lipinski definition) is 1. The molecule has 11 heteroatoms. The third-order valence-corrected chi connectivity index (χ3v) is 4.98. The van der Waals surface area contributed by atoms with E-state index in [2.05, 4.69) is 15.2 Å². The quantitative estimate of drug-likeness (QED) is 0.684. The minimum Gasteiger partial charge on any atom is -0.474 e. The van der Waals surface area contributed by atoms with E-state index in [4.69, 9.17) is 13.9 Å². The van der Waals surface area contributed by atoms with Crippen molar-refractivity contribution in [1.29, 1.82) is 0 Å². The van der Waals surface area contributed by atoms with Crippen LogP contribution in [0.1, 0.15) is 60.8 Å². The Morgan fingerprint density at radius 2 is 2.03 bits per heavy atom. The number of aromatic nitrogens is 3. The van der Waals surface area contributed by atoms with Crippen LogP contribution in [0, 0.1) is 6.92 Å². The molecule has 0 radical (unpaired) electrons. The second-order valence-electron chi connectivity index (χ2n) is 7.30. The minimum absolute atomic E-state index is 0.0761. The van der Waals surface area contributed by atoms with E-state index in [-0.39, 0.29) is 29.7 Å². The number of alkyl halides is 3. The number of carbonyl (C=O) groups is 1. The number of methoxy groups -OCH3 is 1. The molecule has 0 saturated carbocycles. The fraction of sp³-hybridized carbons (Fsp3) is 0.579. The predicted molar refractivity (Wildman–Crippen MR) is 96.7 cm³/mol. The second-order valence-corrected chi connectivity index (χ2v) is 7.30. The first-order valence-corrected chi connectivity index (χ1v) is 9.47. The number of ether oxygens (including phenoxy) is 2. The highest BCUT2D eigenvalue weighted by molar-refractivity contribution is 5.95. The Hall–Kier alpha value is -2.69. The van der Waals surface area contributed by atoms with Gasteiger partial charge in [-0.15, -0.1) is 10.2 Å². The van der Waals surface area contributed by atoms with Gasteiger partial charge in [0.15, 0.2) is 0 Å². The highest BCUT2D eigenvalue weighted by Gasteiger charge is 2.58. The lowest BCUT2D eigenvalue weighted by Crippen LogP contribution is -2.42. The predicted octanol–water partition coefficient (Wildman–Crippen LogP) is 3.71. The average molecular weight is 429 g/mol. The Morgan fingerprint density at radius 3 is 2.70 bits per heavy atom. The first-order valence-electron chi connectivity index (χ1n) is 9.47. The molecular formula is C19H22F3N3O5. The molecule has 2 aromatic rings. The van der Waals surface area contributed by atoms with Crippen LogP contribution in [0.15, 0.2) is 10.5 Å². The number of aliphatic hydroxyl groups is 1. The average Bonchev–Trinajstić information content (AvgIpc) is 3.17. The SMILES string of the molecule is COC(=O)c1cc(C)c2nc1-c1nnc(o1)[C@@](O)(C(F)(F)F)CCCCC[C@@H](C)O2. The van der Waals surface area contributed by atoms with Crippen LogP contribution in [0.5, 0.6) is 5.88 Å².